The summed E-state index contributed by atoms with van der Waals surface area (Å²) in [5.74, 6) is 0.376. The second kappa shape index (κ2) is 4.66. The Kier molecular flexibility index (Phi) is 3.36. The summed E-state index contributed by atoms with van der Waals surface area (Å²) in [5, 5.41) is 8.98. The van der Waals surface area contributed by atoms with E-state index in [-0.39, 0.29) is 12.3 Å². The van der Waals surface area contributed by atoms with Gasteiger partial charge in [0.1, 0.15) is 0 Å². The number of nitrogens with one attached hydrogen (secondary N) is 1. The lowest BCUT2D eigenvalue weighted by atomic mass is 10.00. The van der Waals surface area contributed by atoms with E-state index in [1.54, 1.807) is 11.3 Å². The molecule has 3 N–H and O–H groups in total. The lowest BCUT2D eigenvalue weighted by Crippen LogP contribution is -2.32. The zero-order chi connectivity index (χ0) is 13.3. The Balaban J connectivity index is 2.54. The molecule has 0 aliphatic carbocycles. The smallest absolute Gasteiger partial charge is 0.219 e. The molecule has 0 aliphatic rings. The van der Waals surface area contributed by atoms with Crippen molar-refractivity contribution in [2.45, 2.75) is 25.8 Å². The molecule has 0 radical (unpaired) electrons. The fourth-order valence-electron chi connectivity index (χ4n) is 1.94. The van der Waals surface area contributed by atoms with E-state index in [2.05, 4.69) is 10.2 Å². The number of amides is 1. The Labute approximate surface area is 114 Å². The van der Waals surface area contributed by atoms with Crippen LogP contribution >= 0.6 is 23.6 Å². The third kappa shape index (κ3) is 2.37. The van der Waals surface area contributed by atoms with Crippen molar-refractivity contribution < 1.29 is 4.79 Å². The Hall–Kier alpha value is -1.47. The standard InChI is InChI=1S/C11H14N4OS2/c1-11(2,6-8(12)16)15-9(13-14-10(15)17)7-4-3-5-18-7/h3-5H,6H2,1-2H3,(H2,12,16)(H,14,17). The lowest BCUT2D eigenvalue weighted by molar-refractivity contribution is -0.119. The molecule has 2 aromatic rings. The van der Waals surface area contributed by atoms with Crippen LogP contribution in [0.15, 0.2) is 17.5 Å². The van der Waals surface area contributed by atoms with Gasteiger partial charge in [-0.25, -0.2) is 0 Å². The first-order valence-corrected chi connectivity index (χ1v) is 6.71. The number of H-pyrrole nitrogens is 1. The van der Waals surface area contributed by atoms with Crippen LogP contribution in [-0.4, -0.2) is 20.7 Å². The van der Waals surface area contributed by atoms with E-state index < -0.39 is 5.54 Å². The third-order valence-electron chi connectivity index (χ3n) is 2.63. The molecule has 0 spiro atoms. The summed E-state index contributed by atoms with van der Waals surface area (Å²) >= 11 is 6.82. The van der Waals surface area contributed by atoms with Gasteiger partial charge in [0.2, 0.25) is 5.91 Å². The summed E-state index contributed by atoms with van der Waals surface area (Å²) in [6.07, 6.45) is 0.208. The van der Waals surface area contributed by atoms with E-state index in [0.29, 0.717) is 4.77 Å². The van der Waals surface area contributed by atoms with Crippen molar-refractivity contribution in [1.82, 2.24) is 14.8 Å². The van der Waals surface area contributed by atoms with Gasteiger partial charge >= 0.3 is 0 Å². The number of nitrogens with zero attached hydrogens (tertiary/aromatic N) is 2. The minimum absolute atomic E-state index is 0.208. The van der Waals surface area contributed by atoms with Crippen molar-refractivity contribution in [3.63, 3.8) is 0 Å². The van der Waals surface area contributed by atoms with Gasteiger partial charge in [-0.3, -0.25) is 14.5 Å². The van der Waals surface area contributed by atoms with Crippen LogP contribution in [-0.2, 0) is 10.3 Å². The highest BCUT2D eigenvalue weighted by atomic mass is 32.1. The van der Waals surface area contributed by atoms with Gasteiger partial charge in [0, 0.05) is 6.42 Å². The van der Waals surface area contributed by atoms with Crippen molar-refractivity contribution in [2.75, 3.05) is 0 Å². The van der Waals surface area contributed by atoms with E-state index in [1.165, 1.54) is 0 Å². The number of aromatic nitrogens is 3. The first-order chi connectivity index (χ1) is 8.42. The highest BCUT2D eigenvalue weighted by Gasteiger charge is 2.27. The van der Waals surface area contributed by atoms with Crippen molar-refractivity contribution in [3.05, 3.63) is 22.3 Å². The molecule has 0 saturated carbocycles. The van der Waals surface area contributed by atoms with Gasteiger partial charge in [-0.2, -0.15) is 5.10 Å². The summed E-state index contributed by atoms with van der Waals surface area (Å²) in [5.41, 5.74) is 4.78. The van der Waals surface area contributed by atoms with Gasteiger partial charge in [0.05, 0.1) is 10.4 Å². The average Bonchev–Trinajstić information content (AvgIpc) is 2.82. The number of hydrogen-bond acceptors (Lipinski definition) is 4. The van der Waals surface area contributed by atoms with Crippen LogP contribution < -0.4 is 5.73 Å². The van der Waals surface area contributed by atoms with Gasteiger partial charge < -0.3 is 5.73 Å². The molecule has 2 aromatic heterocycles. The molecule has 0 unspecified atom stereocenters. The molecule has 2 heterocycles. The molecule has 96 valence electrons. The van der Waals surface area contributed by atoms with Crippen molar-refractivity contribution in [3.8, 4) is 10.7 Å². The minimum atomic E-state index is -0.505. The third-order valence-corrected chi connectivity index (χ3v) is 3.77. The second-order valence-electron chi connectivity index (χ2n) is 4.62. The maximum absolute atomic E-state index is 11.2. The van der Waals surface area contributed by atoms with Gasteiger partial charge in [0.25, 0.3) is 0 Å². The number of carbonyl (C=O) groups is 1. The Morgan fingerprint density at radius 1 is 1.67 bits per heavy atom. The zero-order valence-corrected chi connectivity index (χ0v) is 11.8. The monoisotopic (exact) mass is 282 g/mol. The van der Waals surface area contributed by atoms with Gasteiger partial charge in [0.15, 0.2) is 10.6 Å². The molecule has 1 amide bonds. The summed E-state index contributed by atoms with van der Waals surface area (Å²) in [6.45, 7) is 3.83. The molecule has 0 saturated heterocycles. The van der Waals surface area contributed by atoms with Crippen molar-refractivity contribution in [2.24, 2.45) is 5.73 Å². The van der Waals surface area contributed by atoms with E-state index in [1.807, 2.05) is 35.9 Å². The zero-order valence-electron chi connectivity index (χ0n) is 10.1. The quantitative estimate of drug-likeness (QED) is 0.845. The predicted molar refractivity (Wildman–Crippen MR) is 73.9 cm³/mol. The molecule has 7 heteroatoms. The molecule has 0 fully saturated rings. The topological polar surface area (TPSA) is 76.7 Å². The van der Waals surface area contributed by atoms with Gasteiger partial charge in [-0.15, -0.1) is 11.3 Å². The number of thiophene rings is 1. The number of nitrogens with two attached hydrogens (primary N) is 1. The molecule has 2 rings (SSSR count). The van der Waals surface area contributed by atoms with Crippen molar-refractivity contribution >= 4 is 29.5 Å². The molecule has 0 bridgehead atoms. The maximum atomic E-state index is 11.2. The summed E-state index contributed by atoms with van der Waals surface area (Å²) in [6, 6.07) is 3.91. The van der Waals surface area contributed by atoms with E-state index >= 15 is 0 Å². The Morgan fingerprint density at radius 2 is 2.39 bits per heavy atom. The normalized spacial score (nSPS) is 11.7. The van der Waals surface area contributed by atoms with E-state index in [4.69, 9.17) is 18.0 Å². The SMILES string of the molecule is CC(C)(CC(N)=O)n1c(-c2cccs2)n[nH]c1=S. The fraction of sp³-hybridized carbons (Fsp3) is 0.364. The van der Waals surface area contributed by atoms with E-state index in [9.17, 15) is 4.79 Å². The van der Waals surface area contributed by atoms with Crippen LogP contribution in [0.25, 0.3) is 10.7 Å². The molecule has 0 aromatic carbocycles. The van der Waals surface area contributed by atoms with Crippen molar-refractivity contribution in [1.29, 1.82) is 0 Å². The van der Waals surface area contributed by atoms with Crippen LogP contribution in [0.3, 0.4) is 0 Å². The first-order valence-electron chi connectivity index (χ1n) is 5.42. The fourth-order valence-corrected chi connectivity index (χ4v) is 3.02. The maximum Gasteiger partial charge on any atom is 0.219 e. The molecule has 0 atom stereocenters. The predicted octanol–water partition coefficient (Wildman–Crippen LogP) is 2.28. The molecular formula is C11H14N4OS2. The second-order valence-corrected chi connectivity index (χ2v) is 5.95. The highest BCUT2D eigenvalue weighted by molar-refractivity contribution is 7.71. The highest BCUT2D eigenvalue weighted by Crippen LogP contribution is 2.29. The minimum Gasteiger partial charge on any atom is -0.370 e. The molecule has 0 aliphatic heterocycles. The summed E-state index contributed by atoms with van der Waals surface area (Å²) in [4.78, 5) is 12.2. The largest absolute Gasteiger partial charge is 0.370 e. The summed E-state index contributed by atoms with van der Waals surface area (Å²) in [7, 11) is 0. The average molecular weight is 282 g/mol. The van der Waals surface area contributed by atoms with Crippen LogP contribution in [0.5, 0.6) is 0 Å². The summed E-state index contributed by atoms with van der Waals surface area (Å²) < 4.78 is 2.34. The molecule has 5 nitrogen and oxygen atoms in total. The number of hydrogen-bond donors (Lipinski definition) is 2. The Bertz CT molecular complexity index is 609. The van der Waals surface area contributed by atoms with Gasteiger partial charge in [-0.05, 0) is 37.5 Å². The van der Waals surface area contributed by atoms with Crippen LogP contribution in [0.4, 0.5) is 0 Å². The van der Waals surface area contributed by atoms with Crippen LogP contribution in [0.1, 0.15) is 20.3 Å². The number of carbonyl (C=O) groups excluding carboxylic acids is 1. The van der Waals surface area contributed by atoms with Crippen LogP contribution in [0, 0.1) is 4.77 Å². The molecular weight excluding hydrogens is 268 g/mol. The number of rotatable bonds is 4. The molecule has 18 heavy (non-hydrogen) atoms. The van der Waals surface area contributed by atoms with E-state index in [0.717, 1.165) is 10.7 Å². The number of aromatic amines is 1. The van der Waals surface area contributed by atoms with Crippen LogP contribution in [0.2, 0.25) is 0 Å². The Morgan fingerprint density at radius 3 is 2.94 bits per heavy atom. The number of primary amides is 1. The first kappa shape index (κ1) is 13.0. The van der Waals surface area contributed by atoms with Gasteiger partial charge in [-0.1, -0.05) is 6.07 Å². The lowest BCUT2D eigenvalue weighted by Gasteiger charge is -2.26.